The van der Waals surface area contributed by atoms with Gasteiger partial charge in [0.05, 0.1) is 25.0 Å². The number of alkyl carbamates (subject to hydrolysis) is 1. The number of hydrogen-bond donors (Lipinski definition) is 2. The highest BCUT2D eigenvalue weighted by atomic mass is 32.2. The fourth-order valence-corrected chi connectivity index (χ4v) is 8.21. The Labute approximate surface area is 263 Å². The van der Waals surface area contributed by atoms with Crippen molar-refractivity contribution in [3.05, 3.63) is 59.5 Å². The largest absolute Gasteiger partial charge is 0.534 e. The first kappa shape index (κ1) is 30.6. The summed E-state index contributed by atoms with van der Waals surface area (Å²) in [5, 5.41) is 2.46. The number of halogens is 3. The van der Waals surface area contributed by atoms with Crippen LogP contribution in [0.15, 0.2) is 42.6 Å². The van der Waals surface area contributed by atoms with Crippen molar-refractivity contribution in [1.29, 1.82) is 0 Å². The predicted octanol–water partition coefficient (Wildman–Crippen LogP) is 5.65. The van der Waals surface area contributed by atoms with E-state index >= 15 is 0 Å². The third-order valence-electron chi connectivity index (χ3n) is 10.0. The van der Waals surface area contributed by atoms with Crippen LogP contribution < -0.4 is 9.50 Å². The van der Waals surface area contributed by atoms with Gasteiger partial charge in [0, 0.05) is 11.6 Å². The fraction of sp³-hybridized carbons (Fsp3) is 0.469. The molecule has 10 nitrogen and oxygen atoms in total. The number of nitrogens with zero attached hydrogens (tertiary/aromatic N) is 2. The molecular weight excluding hydrogens is 625 g/mol. The van der Waals surface area contributed by atoms with Crippen molar-refractivity contribution in [2.24, 2.45) is 11.3 Å². The van der Waals surface area contributed by atoms with E-state index in [0.717, 1.165) is 66.5 Å². The van der Waals surface area contributed by atoms with E-state index in [0.29, 0.717) is 30.1 Å². The molecule has 7 rings (SSSR count). The van der Waals surface area contributed by atoms with Gasteiger partial charge in [0.1, 0.15) is 18.1 Å². The smallest absolute Gasteiger partial charge is 0.453 e. The van der Waals surface area contributed by atoms with Gasteiger partial charge in [-0.15, -0.1) is 0 Å². The van der Waals surface area contributed by atoms with E-state index in [4.69, 9.17) is 0 Å². The summed E-state index contributed by atoms with van der Waals surface area (Å²) in [7, 11) is -4.55. The van der Waals surface area contributed by atoms with Gasteiger partial charge in [0.25, 0.3) is 0 Å². The zero-order valence-corrected chi connectivity index (χ0v) is 25.8. The maximum Gasteiger partial charge on any atom is 0.534 e. The van der Waals surface area contributed by atoms with Gasteiger partial charge in [-0.3, -0.25) is 4.79 Å². The topological polar surface area (TPSA) is 131 Å². The quantitative estimate of drug-likeness (QED) is 0.248. The van der Waals surface area contributed by atoms with Crippen LogP contribution in [0.2, 0.25) is 0 Å². The lowest BCUT2D eigenvalue weighted by atomic mass is 9.83. The molecule has 14 heteroatoms. The van der Waals surface area contributed by atoms with E-state index in [9.17, 15) is 31.2 Å². The highest BCUT2D eigenvalue weighted by Gasteiger charge is 2.55. The first-order valence-electron chi connectivity index (χ1n) is 15.3. The molecule has 1 aliphatic heterocycles. The fourth-order valence-electron chi connectivity index (χ4n) is 7.72. The Morgan fingerprint density at radius 3 is 2.43 bits per heavy atom. The zero-order chi connectivity index (χ0) is 32.4. The molecule has 3 atom stereocenters. The van der Waals surface area contributed by atoms with Crippen molar-refractivity contribution >= 4 is 22.1 Å². The van der Waals surface area contributed by atoms with Crippen LogP contribution in [0.5, 0.6) is 5.75 Å². The van der Waals surface area contributed by atoms with Crippen molar-refractivity contribution in [2.75, 3.05) is 13.7 Å². The minimum atomic E-state index is -5.79. The highest BCUT2D eigenvalue weighted by Crippen LogP contribution is 2.54. The SMILES string of the molecule is COC(=O)NCC(=O)N1C(c2ncc(-c3ccc(-c4ccc(OS(=O)(=O)C(F)(F)F)c5c4CC4(CCCC4)C5)cc3)[nH]2)CC2CC21. The average molecular weight is 659 g/mol. The summed E-state index contributed by atoms with van der Waals surface area (Å²) in [6.07, 6.45) is 7.83. The number of carbonyl (C=O) groups is 2. The summed E-state index contributed by atoms with van der Waals surface area (Å²) in [6, 6.07) is 10.6. The Morgan fingerprint density at radius 1 is 1.04 bits per heavy atom. The normalized spacial score (nSPS) is 22.9. The predicted molar refractivity (Wildman–Crippen MR) is 160 cm³/mol. The number of rotatable bonds is 7. The summed E-state index contributed by atoms with van der Waals surface area (Å²) in [4.78, 5) is 34.2. The number of alkyl halides is 3. The number of carbonyl (C=O) groups excluding carboxylic acids is 2. The average Bonchev–Trinajstić information content (AvgIpc) is 3.49. The van der Waals surface area contributed by atoms with E-state index in [1.807, 2.05) is 24.3 Å². The maximum atomic E-state index is 13.2. The number of ether oxygens (including phenoxy) is 1. The number of hydrogen-bond acceptors (Lipinski definition) is 7. The Kier molecular flexibility index (Phi) is 7.33. The molecule has 0 radical (unpaired) electrons. The number of aromatic amines is 1. The molecule has 1 saturated heterocycles. The molecule has 3 unspecified atom stereocenters. The molecule has 2 heterocycles. The van der Waals surface area contributed by atoms with Crippen LogP contribution in [0.25, 0.3) is 22.4 Å². The molecule has 3 fully saturated rings. The van der Waals surface area contributed by atoms with Crippen LogP contribution in [0.4, 0.5) is 18.0 Å². The molecule has 4 aliphatic rings. The number of likely N-dealkylation sites (tertiary alicyclic amines) is 1. The van der Waals surface area contributed by atoms with Gasteiger partial charge >= 0.3 is 21.7 Å². The summed E-state index contributed by atoms with van der Waals surface area (Å²) >= 11 is 0. The molecular formula is C32H33F3N4O6S. The molecule has 3 aliphatic carbocycles. The Morgan fingerprint density at radius 2 is 1.74 bits per heavy atom. The highest BCUT2D eigenvalue weighted by molar-refractivity contribution is 7.88. The number of aromatic nitrogens is 2. The maximum absolute atomic E-state index is 13.2. The number of benzene rings is 2. The van der Waals surface area contributed by atoms with E-state index < -0.39 is 21.7 Å². The third-order valence-corrected chi connectivity index (χ3v) is 11.0. The number of imidazole rings is 1. The lowest BCUT2D eigenvalue weighted by Gasteiger charge is -2.26. The minimum Gasteiger partial charge on any atom is -0.453 e. The molecule has 2 amide bonds. The van der Waals surface area contributed by atoms with Crippen LogP contribution in [0.3, 0.4) is 0 Å². The minimum absolute atomic E-state index is 0.101. The third kappa shape index (κ3) is 5.39. The number of fused-ring (bicyclic) bond motifs is 2. The van der Waals surface area contributed by atoms with E-state index in [-0.39, 0.29) is 35.7 Å². The second kappa shape index (κ2) is 11.0. The molecule has 3 aromatic rings. The number of nitrogens with one attached hydrogen (secondary N) is 2. The van der Waals surface area contributed by atoms with Crippen molar-refractivity contribution in [3.63, 3.8) is 0 Å². The molecule has 244 valence electrons. The van der Waals surface area contributed by atoms with Crippen LogP contribution in [-0.4, -0.2) is 60.5 Å². The molecule has 1 spiro atoms. The number of amides is 2. The Balaban J connectivity index is 1.13. The van der Waals surface area contributed by atoms with Gasteiger partial charge < -0.3 is 24.1 Å². The Bertz CT molecular complexity index is 1800. The van der Waals surface area contributed by atoms with Crippen molar-refractivity contribution in [3.8, 4) is 28.1 Å². The van der Waals surface area contributed by atoms with Gasteiger partial charge in [0.2, 0.25) is 5.91 Å². The number of methoxy groups -OCH3 is 1. The van der Waals surface area contributed by atoms with E-state index in [2.05, 4.69) is 24.2 Å². The van der Waals surface area contributed by atoms with Crippen molar-refractivity contribution in [2.45, 2.75) is 69.0 Å². The van der Waals surface area contributed by atoms with Gasteiger partial charge in [-0.1, -0.05) is 43.2 Å². The first-order chi connectivity index (χ1) is 21.9. The molecule has 2 N–H and O–H groups in total. The van der Waals surface area contributed by atoms with Crippen LogP contribution in [-0.2, 0) is 32.5 Å². The second-order valence-electron chi connectivity index (χ2n) is 12.8. The Hall–Kier alpha value is -4.07. The van der Waals surface area contributed by atoms with E-state index in [1.54, 1.807) is 17.2 Å². The number of piperidine rings is 1. The van der Waals surface area contributed by atoms with E-state index in [1.165, 1.54) is 13.2 Å². The summed E-state index contributed by atoms with van der Waals surface area (Å²) in [5.74, 6) is 0.638. The van der Waals surface area contributed by atoms with Crippen LogP contribution in [0, 0.1) is 11.3 Å². The summed E-state index contributed by atoms with van der Waals surface area (Å²) in [6.45, 7) is -0.155. The molecule has 1 aromatic heterocycles. The zero-order valence-electron chi connectivity index (χ0n) is 25.0. The van der Waals surface area contributed by atoms with Gasteiger partial charge in [-0.25, -0.2) is 9.78 Å². The van der Waals surface area contributed by atoms with Gasteiger partial charge in [0.15, 0.2) is 0 Å². The lowest BCUT2D eigenvalue weighted by molar-refractivity contribution is -0.132. The molecule has 46 heavy (non-hydrogen) atoms. The van der Waals surface area contributed by atoms with Crippen molar-refractivity contribution < 1.29 is 40.1 Å². The van der Waals surface area contributed by atoms with Crippen LogP contribution in [0.1, 0.15) is 61.5 Å². The molecule has 0 bridgehead atoms. The van der Waals surface area contributed by atoms with Crippen LogP contribution >= 0.6 is 0 Å². The summed E-state index contributed by atoms with van der Waals surface area (Å²) < 4.78 is 72.5. The van der Waals surface area contributed by atoms with Gasteiger partial charge in [-0.05, 0) is 78.2 Å². The first-order valence-corrected chi connectivity index (χ1v) is 16.7. The summed E-state index contributed by atoms with van der Waals surface area (Å²) in [5.41, 5.74) is -0.939. The second-order valence-corrected chi connectivity index (χ2v) is 14.4. The standard InChI is InChI=1S/C32H33F3N4O6S/c1-44-30(41)37-17-28(40)39-25-12-20(25)13-26(39)29-36-16-24(38-29)19-6-4-18(5-7-19)21-8-9-27(45-46(42,43)32(33,34)35)23-15-31(14-22(21)23)10-2-3-11-31/h4-9,16,20,25-26H,2-3,10-15,17H2,1H3,(H,36,38)(H,37,41). The number of H-pyrrole nitrogens is 1. The van der Waals surface area contributed by atoms with Crippen molar-refractivity contribution in [1.82, 2.24) is 20.2 Å². The lowest BCUT2D eigenvalue weighted by Crippen LogP contribution is -2.41. The van der Waals surface area contributed by atoms with Gasteiger partial charge in [-0.2, -0.15) is 21.6 Å². The molecule has 2 saturated carbocycles. The monoisotopic (exact) mass is 658 g/mol. The molecule has 2 aromatic carbocycles.